The number of aromatic nitrogens is 2. The van der Waals surface area contributed by atoms with E-state index in [1.807, 2.05) is 31.2 Å². The van der Waals surface area contributed by atoms with Crippen LogP contribution in [0.15, 0.2) is 28.8 Å². The molecule has 0 atom stereocenters. The predicted molar refractivity (Wildman–Crippen MR) is 86.8 cm³/mol. The third kappa shape index (κ3) is 3.44. The van der Waals surface area contributed by atoms with E-state index >= 15 is 0 Å². The summed E-state index contributed by atoms with van der Waals surface area (Å²) >= 11 is 0. The minimum absolute atomic E-state index is 0.0112. The molecule has 0 saturated heterocycles. The first kappa shape index (κ1) is 15.7. The lowest BCUT2D eigenvalue weighted by atomic mass is 9.81. The van der Waals surface area contributed by atoms with Crippen LogP contribution in [0.4, 0.5) is 0 Å². The summed E-state index contributed by atoms with van der Waals surface area (Å²) in [6, 6.07) is 7.98. The molecule has 0 bridgehead atoms. The summed E-state index contributed by atoms with van der Waals surface area (Å²) in [5.41, 5.74) is 1.69. The Morgan fingerprint density at radius 2 is 1.96 bits per heavy atom. The van der Waals surface area contributed by atoms with Crippen molar-refractivity contribution in [2.45, 2.75) is 57.9 Å². The number of carbonyl (C=O) groups is 1. The number of amides is 1. The van der Waals surface area contributed by atoms with Crippen molar-refractivity contribution in [2.24, 2.45) is 0 Å². The molecule has 0 spiro atoms. The molecule has 1 aliphatic carbocycles. The molecular weight excluding hydrogens is 290 g/mol. The number of carbonyl (C=O) groups excluding carboxylic acids is 1. The lowest BCUT2D eigenvalue weighted by Gasteiger charge is -2.34. The van der Waals surface area contributed by atoms with Gasteiger partial charge in [0.05, 0.1) is 6.42 Å². The van der Waals surface area contributed by atoms with Crippen molar-refractivity contribution in [3.05, 3.63) is 47.1 Å². The highest BCUT2D eigenvalue weighted by Gasteiger charge is 2.40. The molecule has 0 unspecified atom stereocenters. The van der Waals surface area contributed by atoms with E-state index in [1.165, 1.54) is 6.42 Å². The molecule has 3 rings (SSSR count). The monoisotopic (exact) mass is 313 g/mol. The Kier molecular flexibility index (Phi) is 4.46. The molecule has 1 N–H and O–H groups in total. The number of nitrogens with zero attached hydrogens (tertiary/aromatic N) is 2. The highest BCUT2D eigenvalue weighted by Crippen LogP contribution is 2.36. The van der Waals surface area contributed by atoms with Crippen molar-refractivity contribution >= 4 is 5.91 Å². The lowest BCUT2D eigenvalue weighted by Crippen LogP contribution is -2.48. The smallest absolute Gasteiger partial charge is 0.252 e. The van der Waals surface area contributed by atoms with Crippen LogP contribution in [0.1, 0.15) is 54.9 Å². The second-order valence-corrected chi connectivity index (χ2v) is 6.44. The van der Waals surface area contributed by atoms with Gasteiger partial charge in [-0.05, 0) is 37.8 Å². The number of hydrogen-bond donors (Lipinski definition) is 1. The van der Waals surface area contributed by atoms with Crippen molar-refractivity contribution in [1.29, 1.82) is 0 Å². The molecule has 1 aromatic carbocycles. The molecule has 1 aromatic heterocycles. The zero-order valence-corrected chi connectivity index (χ0v) is 13.8. The molecule has 122 valence electrons. The SMILES string of the molecule is Cc1noc(C2(NC(=O)Cc3ccccc3C)CCCCC2)n1. The molecule has 1 heterocycles. The van der Waals surface area contributed by atoms with Gasteiger partial charge in [0, 0.05) is 0 Å². The van der Waals surface area contributed by atoms with E-state index < -0.39 is 5.54 Å². The fourth-order valence-corrected chi connectivity index (χ4v) is 3.33. The van der Waals surface area contributed by atoms with Gasteiger partial charge in [-0.1, -0.05) is 48.7 Å². The summed E-state index contributed by atoms with van der Waals surface area (Å²) in [5, 5.41) is 7.11. The fourth-order valence-electron chi connectivity index (χ4n) is 3.33. The maximum atomic E-state index is 12.6. The zero-order chi connectivity index (χ0) is 16.3. The minimum Gasteiger partial charge on any atom is -0.341 e. The number of rotatable bonds is 4. The molecule has 5 heteroatoms. The number of hydrogen-bond acceptors (Lipinski definition) is 4. The third-order valence-electron chi connectivity index (χ3n) is 4.64. The second kappa shape index (κ2) is 6.52. The van der Waals surface area contributed by atoms with Gasteiger partial charge in [0.2, 0.25) is 5.91 Å². The van der Waals surface area contributed by atoms with Crippen molar-refractivity contribution < 1.29 is 9.32 Å². The van der Waals surface area contributed by atoms with Gasteiger partial charge in [-0.25, -0.2) is 0 Å². The minimum atomic E-state index is -0.501. The summed E-state index contributed by atoms with van der Waals surface area (Å²) < 4.78 is 5.41. The number of nitrogens with one attached hydrogen (secondary N) is 1. The van der Waals surface area contributed by atoms with Gasteiger partial charge in [-0.15, -0.1) is 0 Å². The first-order valence-electron chi connectivity index (χ1n) is 8.25. The highest BCUT2D eigenvalue weighted by molar-refractivity contribution is 5.79. The quantitative estimate of drug-likeness (QED) is 0.941. The van der Waals surface area contributed by atoms with E-state index in [0.29, 0.717) is 18.1 Å². The van der Waals surface area contributed by atoms with Gasteiger partial charge < -0.3 is 9.84 Å². The summed E-state index contributed by atoms with van der Waals surface area (Å²) in [7, 11) is 0. The van der Waals surface area contributed by atoms with Crippen LogP contribution >= 0.6 is 0 Å². The van der Waals surface area contributed by atoms with Crippen molar-refractivity contribution in [3.63, 3.8) is 0 Å². The Bertz CT molecular complexity index is 687. The Morgan fingerprint density at radius 1 is 1.22 bits per heavy atom. The van der Waals surface area contributed by atoms with E-state index in [2.05, 4.69) is 15.5 Å². The second-order valence-electron chi connectivity index (χ2n) is 6.44. The first-order chi connectivity index (χ1) is 11.1. The van der Waals surface area contributed by atoms with Crippen molar-refractivity contribution in [1.82, 2.24) is 15.5 Å². The molecule has 2 aromatic rings. The van der Waals surface area contributed by atoms with Crippen molar-refractivity contribution in [3.8, 4) is 0 Å². The van der Waals surface area contributed by atoms with Crippen LogP contribution in [-0.4, -0.2) is 16.0 Å². The molecule has 0 radical (unpaired) electrons. The summed E-state index contributed by atoms with van der Waals surface area (Å²) in [6.45, 7) is 3.83. The number of aryl methyl sites for hydroxylation is 2. The molecule has 1 fully saturated rings. The molecule has 5 nitrogen and oxygen atoms in total. The van der Waals surface area contributed by atoms with E-state index in [0.717, 1.165) is 36.8 Å². The standard InChI is InChI=1S/C18H23N3O2/c1-13-8-4-5-9-15(13)12-16(22)20-18(10-6-3-7-11-18)17-19-14(2)21-23-17/h4-5,8-9H,3,6-7,10-12H2,1-2H3,(H,20,22). The van der Waals surface area contributed by atoms with Crippen LogP contribution in [-0.2, 0) is 16.8 Å². The zero-order valence-electron chi connectivity index (χ0n) is 13.8. The van der Waals surface area contributed by atoms with E-state index in [-0.39, 0.29) is 5.91 Å². The molecule has 1 saturated carbocycles. The highest BCUT2D eigenvalue weighted by atomic mass is 16.5. The van der Waals surface area contributed by atoms with Gasteiger partial charge in [0.15, 0.2) is 5.82 Å². The van der Waals surface area contributed by atoms with Crippen molar-refractivity contribution in [2.75, 3.05) is 0 Å². The van der Waals surface area contributed by atoms with Crippen LogP contribution in [0.5, 0.6) is 0 Å². The average molecular weight is 313 g/mol. The third-order valence-corrected chi connectivity index (χ3v) is 4.64. The van der Waals surface area contributed by atoms with Crippen LogP contribution < -0.4 is 5.32 Å². The molecule has 1 aliphatic rings. The topological polar surface area (TPSA) is 68.0 Å². The van der Waals surface area contributed by atoms with Gasteiger partial charge >= 0.3 is 0 Å². The van der Waals surface area contributed by atoms with E-state index in [4.69, 9.17) is 4.52 Å². The first-order valence-corrected chi connectivity index (χ1v) is 8.25. The maximum Gasteiger partial charge on any atom is 0.252 e. The van der Waals surface area contributed by atoms with Crippen LogP contribution in [0.25, 0.3) is 0 Å². The lowest BCUT2D eigenvalue weighted by molar-refractivity contribution is -0.123. The molecule has 23 heavy (non-hydrogen) atoms. The Labute approximate surface area is 136 Å². The Morgan fingerprint density at radius 3 is 2.61 bits per heavy atom. The van der Waals surface area contributed by atoms with Gasteiger partial charge in [-0.3, -0.25) is 4.79 Å². The van der Waals surface area contributed by atoms with Crippen LogP contribution in [0.3, 0.4) is 0 Å². The normalized spacial score (nSPS) is 17.0. The van der Waals surface area contributed by atoms with Gasteiger partial charge in [-0.2, -0.15) is 4.98 Å². The molecular formula is C18H23N3O2. The Hall–Kier alpha value is -2.17. The van der Waals surface area contributed by atoms with E-state index in [9.17, 15) is 4.79 Å². The summed E-state index contributed by atoms with van der Waals surface area (Å²) in [5.74, 6) is 1.17. The molecule has 1 amide bonds. The van der Waals surface area contributed by atoms with Gasteiger partial charge in [0.1, 0.15) is 5.54 Å². The maximum absolute atomic E-state index is 12.6. The average Bonchev–Trinajstić information content (AvgIpc) is 2.98. The van der Waals surface area contributed by atoms with Crippen LogP contribution in [0.2, 0.25) is 0 Å². The Balaban J connectivity index is 1.79. The summed E-state index contributed by atoms with van der Waals surface area (Å²) in [6.07, 6.45) is 5.39. The van der Waals surface area contributed by atoms with Crippen LogP contribution in [0, 0.1) is 13.8 Å². The molecule has 0 aliphatic heterocycles. The van der Waals surface area contributed by atoms with Gasteiger partial charge in [0.25, 0.3) is 5.89 Å². The predicted octanol–water partition coefficient (Wildman–Crippen LogP) is 3.20. The van der Waals surface area contributed by atoms with E-state index in [1.54, 1.807) is 6.92 Å². The largest absolute Gasteiger partial charge is 0.341 e. The fraction of sp³-hybridized carbons (Fsp3) is 0.500. The number of benzene rings is 1. The summed E-state index contributed by atoms with van der Waals surface area (Å²) in [4.78, 5) is 17.0.